The van der Waals surface area contributed by atoms with E-state index in [4.69, 9.17) is 9.47 Å². The zero-order valence-electron chi connectivity index (χ0n) is 21.8. The van der Waals surface area contributed by atoms with E-state index >= 15 is 0 Å². The summed E-state index contributed by atoms with van der Waals surface area (Å²) in [5.74, 6) is -0.228. The highest BCUT2D eigenvalue weighted by Gasteiger charge is 2.41. The Kier molecular flexibility index (Phi) is 8.46. The van der Waals surface area contributed by atoms with Crippen molar-refractivity contribution in [2.24, 2.45) is 0 Å². The number of methoxy groups -OCH3 is 1. The minimum absolute atomic E-state index is 0.0143. The van der Waals surface area contributed by atoms with Crippen molar-refractivity contribution in [2.75, 3.05) is 13.4 Å². The fourth-order valence-electron chi connectivity index (χ4n) is 4.50. The zero-order chi connectivity index (χ0) is 28.6. The number of carbonyl (C=O) groups is 1. The summed E-state index contributed by atoms with van der Waals surface area (Å²) in [6.07, 6.45) is -2.78. The second-order valence-corrected chi connectivity index (χ2v) is 11.1. The maximum absolute atomic E-state index is 14.7. The summed E-state index contributed by atoms with van der Waals surface area (Å²) in [5, 5.41) is 0.456. The number of carbonyl (C=O) groups excluding carboxylic acids is 1. The summed E-state index contributed by atoms with van der Waals surface area (Å²) in [5.41, 5.74) is 1.41. The Morgan fingerprint density at radius 3 is 2.51 bits per heavy atom. The molecule has 1 aliphatic heterocycles. The first-order valence-electron chi connectivity index (χ1n) is 12.0. The first-order valence-corrected chi connectivity index (χ1v) is 14.0. The molecule has 0 saturated carbocycles. The van der Waals surface area contributed by atoms with Gasteiger partial charge in [0.15, 0.2) is 5.16 Å². The normalized spacial score (nSPS) is 17.6. The Balaban J connectivity index is 1.75. The largest absolute Gasteiger partial charge is 0.496 e. The van der Waals surface area contributed by atoms with Gasteiger partial charge in [-0.15, -0.1) is 0 Å². The number of halogens is 5. The summed E-state index contributed by atoms with van der Waals surface area (Å²) in [4.78, 5) is 23.4. The van der Waals surface area contributed by atoms with Gasteiger partial charge in [0.1, 0.15) is 17.7 Å². The topological polar surface area (TPSA) is 64.6 Å². The molecule has 0 aliphatic carbocycles. The molecule has 3 aromatic rings. The molecule has 4 rings (SSSR count). The molecule has 1 aliphatic rings. The average Bonchev–Trinajstić information content (AvgIpc) is 3.15. The first kappa shape index (κ1) is 29.1. The number of thioether (sulfide) groups is 1. The van der Waals surface area contributed by atoms with Crippen molar-refractivity contribution in [3.05, 3.63) is 69.2 Å². The van der Waals surface area contributed by atoms with Gasteiger partial charge in [-0.1, -0.05) is 41.5 Å². The number of cyclic esters (lactones) is 1. The number of alkyl halides is 3. The van der Waals surface area contributed by atoms with Gasteiger partial charge in [-0.05, 0) is 54.5 Å². The number of hydrogen-bond acceptors (Lipinski definition) is 6. The molecule has 2 aromatic carbocycles. The molecular weight excluding hydrogens is 602 g/mol. The second-order valence-electron chi connectivity index (χ2n) is 9.39. The Morgan fingerprint density at radius 1 is 1.18 bits per heavy atom. The molecule has 0 bridgehead atoms. The Labute approximate surface area is 236 Å². The molecule has 2 heterocycles. The van der Waals surface area contributed by atoms with E-state index in [1.54, 1.807) is 19.2 Å². The van der Waals surface area contributed by atoms with Crippen LogP contribution in [0.25, 0.3) is 11.1 Å². The van der Waals surface area contributed by atoms with Crippen LogP contribution in [-0.4, -0.2) is 40.4 Å². The highest BCUT2D eigenvalue weighted by atomic mass is 79.9. The van der Waals surface area contributed by atoms with Crippen LogP contribution in [0.15, 0.2) is 46.2 Å². The van der Waals surface area contributed by atoms with E-state index in [0.29, 0.717) is 27.5 Å². The lowest BCUT2D eigenvalue weighted by molar-refractivity contribution is -0.137. The Morgan fingerprint density at radius 2 is 1.90 bits per heavy atom. The summed E-state index contributed by atoms with van der Waals surface area (Å²) in [6, 6.07) is 5.85. The van der Waals surface area contributed by atoms with E-state index in [9.17, 15) is 22.4 Å². The van der Waals surface area contributed by atoms with Crippen LogP contribution in [-0.2, 0) is 17.5 Å². The van der Waals surface area contributed by atoms with Crippen LogP contribution in [0.5, 0.6) is 5.75 Å². The number of amides is 1. The smallest absolute Gasteiger partial charge is 0.416 e. The van der Waals surface area contributed by atoms with E-state index in [1.807, 2.05) is 20.1 Å². The van der Waals surface area contributed by atoms with Gasteiger partial charge in [0.25, 0.3) is 0 Å². The van der Waals surface area contributed by atoms with Crippen molar-refractivity contribution < 1.29 is 31.8 Å². The summed E-state index contributed by atoms with van der Waals surface area (Å²) in [7, 11) is 1.43. The van der Waals surface area contributed by atoms with Gasteiger partial charge in [0.2, 0.25) is 0 Å². The standard InChI is InChI=1S/C27H26BrF4N3O3S/c1-13(2)18-9-19(23(37-4)10-21(18)29)20-11-33-25(39-5)34-22(20)12-35-14(3)24(38-26(35)36)15-6-16(27(30,31)32)8-17(28)7-15/h6-11,13-14,24H,12H2,1-5H3/t14-,24-/m0/s1. The predicted molar refractivity (Wildman–Crippen MR) is 143 cm³/mol. The van der Waals surface area contributed by atoms with Crippen molar-refractivity contribution in [2.45, 2.75) is 56.7 Å². The minimum atomic E-state index is -4.56. The van der Waals surface area contributed by atoms with E-state index in [-0.39, 0.29) is 28.2 Å². The molecule has 0 spiro atoms. The molecule has 2 atom stereocenters. The molecule has 0 N–H and O–H groups in total. The number of hydrogen-bond donors (Lipinski definition) is 0. The third-order valence-corrected chi connectivity index (χ3v) is 7.57. The van der Waals surface area contributed by atoms with Gasteiger partial charge >= 0.3 is 12.3 Å². The van der Waals surface area contributed by atoms with Crippen LogP contribution in [0.4, 0.5) is 22.4 Å². The van der Waals surface area contributed by atoms with Crippen molar-refractivity contribution in [3.63, 3.8) is 0 Å². The molecule has 0 unspecified atom stereocenters. The van der Waals surface area contributed by atoms with E-state index in [1.165, 1.54) is 35.9 Å². The molecule has 1 saturated heterocycles. The van der Waals surface area contributed by atoms with E-state index < -0.39 is 35.8 Å². The fraction of sp³-hybridized carbons (Fsp3) is 0.370. The van der Waals surface area contributed by atoms with Crippen LogP contribution in [0.3, 0.4) is 0 Å². The average molecular weight is 628 g/mol. The van der Waals surface area contributed by atoms with Crippen LogP contribution in [0, 0.1) is 5.82 Å². The van der Waals surface area contributed by atoms with E-state index in [0.717, 1.165) is 12.1 Å². The predicted octanol–water partition coefficient (Wildman–Crippen LogP) is 8.00. The monoisotopic (exact) mass is 627 g/mol. The van der Waals surface area contributed by atoms with Gasteiger partial charge < -0.3 is 9.47 Å². The molecule has 208 valence electrons. The molecule has 1 amide bonds. The van der Waals surface area contributed by atoms with Gasteiger partial charge in [0.05, 0.1) is 31.0 Å². The molecule has 6 nitrogen and oxygen atoms in total. The molecular formula is C27H26BrF4N3O3S. The van der Waals surface area contributed by atoms with Crippen molar-refractivity contribution in [3.8, 4) is 16.9 Å². The molecule has 1 fully saturated rings. The first-order chi connectivity index (χ1) is 18.3. The fourth-order valence-corrected chi connectivity index (χ4v) is 5.37. The van der Waals surface area contributed by atoms with Gasteiger partial charge in [-0.25, -0.2) is 19.2 Å². The Bertz CT molecular complexity index is 1400. The van der Waals surface area contributed by atoms with Gasteiger partial charge in [-0.2, -0.15) is 13.2 Å². The quantitative estimate of drug-likeness (QED) is 0.150. The number of benzene rings is 2. The molecule has 12 heteroatoms. The lowest BCUT2D eigenvalue weighted by Crippen LogP contribution is -2.32. The highest BCUT2D eigenvalue weighted by Crippen LogP contribution is 2.40. The number of rotatable bonds is 7. The highest BCUT2D eigenvalue weighted by molar-refractivity contribution is 9.10. The second kappa shape index (κ2) is 11.3. The summed E-state index contributed by atoms with van der Waals surface area (Å²) in [6.45, 7) is 5.43. The van der Waals surface area contributed by atoms with Crippen LogP contribution < -0.4 is 4.74 Å². The summed E-state index contributed by atoms with van der Waals surface area (Å²) >= 11 is 4.44. The SMILES string of the molecule is COc1cc(F)c(C(C)C)cc1-c1cnc(SC)nc1CN1C(=O)O[C@H](c2cc(Br)cc(C(F)(F)F)c2)[C@@H]1C. The Hall–Kier alpha value is -2.86. The van der Waals surface area contributed by atoms with E-state index in [2.05, 4.69) is 25.9 Å². The number of nitrogens with zero attached hydrogens (tertiary/aromatic N) is 3. The lowest BCUT2D eigenvalue weighted by atomic mass is 9.95. The summed E-state index contributed by atoms with van der Waals surface area (Å²) < 4.78 is 66.2. The molecule has 39 heavy (non-hydrogen) atoms. The number of ether oxygens (including phenoxy) is 2. The van der Waals surface area contributed by atoms with Crippen molar-refractivity contribution in [1.29, 1.82) is 0 Å². The van der Waals surface area contributed by atoms with Gasteiger partial charge in [0, 0.05) is 27.9 Å². The molecule has 1 aromatic heterocycles. The third kappa shape index (κ3) is 6.01. The van der Waals surface area contributed by atoms with Crippen molar-refractivity contribution in [1.82, 2.24) is 14.9 Å². The van der Waals surface area contributed by atoms with Crippen LogP contribution in [0.1, 0.15) is 55.2 Å². The van der Waals surface area contributed by atoms with Crippen LogP contribution in [0.2, 0.25) is 0 Å². The lowest BCUT2D eigenvalue weighted by Gasteiger charge is -2.23. The van der Waals surface area contributed by atoms with Gasteiger partial charge in [-0.3, -0.25) is 4.90 Å². The maximum atomic E-state index is 14.7. The zero-order valence-corrected chi connectivity index (χ0v) is 24.2. The third-order valence-electron chi connectivity index (χ3n) is 6.55. The number of aromatic nitrogens is 2. The maximum Gasteiger partial charge on any atom is 0.416 e. The van der Waals surface area contributed by atoms with Crippen LogP contribution >= 0.6 is 27.7 Å². The molecule has 0 radical (unpaired) electrons. The minimum Gasteiger partial charge on any atom is -0.496 e. The van der Waals surface area contributed by atoms with Crippen molar-refractivity contribution >= 4 is 33.8 Å².